The lowest BCUT2D eigenvalue weighted by molar-refractivity contribution is 0.284. The van der Waals surface area contributed by atoms with Crippen LogP contribution >= 0.6 is 0 Å². The summed E-state index contributed by atoms with van der Waals surface area (Å²) >= 11 is 0. The van der Waals surface area contributed by atoms with Crippen LogP contribution in [0.15, 0.2) is 42.5 Å². The van der Waals surface area contributed by atoms with Gasteiger partial charge in [0.15, 0.2) is 11.5 Å². The third kappa shape index (κ3) is 3.05. The van der Waals surface area contributed by atoms with Crippen LogP contribution in [0, 0.1) is 18.3 Å². The predicted molar refractivity (Wildman–Crippen MR) is 73.2 cm³/mol. The first kappa shape index (κ1) is 13.0. The second-order valence-corrected chi connectivity index (χ2v) is 4.19. The standard InChI is InChI=1S/C16H15NO2/c1-12-5-3-4-6-14(12)11-19-15-8-7-13(10-17)9-16(15)18-2/h3-9H,11H2,1-2H3. The van der Waals surface area contributed by atoms with Gasteiger partial charge in [-0.1, -0.05) is 24.3 Å². The van der Waals surface area contributed by atoms with Crippen LogP contribution in [-0.2, 0) is 6.61 Å². The monoisotopic (exact) mass is 253 g/mol. The maximum atomic E-state index is 8.85. The molecule has 0 atom stereocenters. The van der Waals surface area contributed by atoms with E-state index < -0.39 is 0 Å². The molecule has 0 heterocycles. The molecule has 0 aliphatic carbocycles. The van der Waals surface area contributed by atoms with Crippen LogP contribution in [0.25, 0.3) is 0 Å². The molecule has 2 rings (SSSR count). The average molecular weight is 253 g/mol. The molecule has 19 heavy (non-hydrogen) atoms. The molecule has 0 saturated carbocycles. The summed E-state index contributed by atoms with van der Waals surface area (Å²) in [6.07, 6.45) is 0. The van der Waals surface area contributed by atoms with Crippen LogP contribution in [0.3, 0.4) is 0 Å². The quantitative estimate of drug-likeness (QED) is 0.838. The summed E-state index contributed by atoms with van der Waals surface area (Å²) in [6.45, 7) is 2.53. The maximum Gasteiger partial charge on any atom is 0.162 e. The summed E-state index contributed by atoms with van der Waals surface area (Å²) in [4.78, 5) is 0. The zero-order chi connectivity index (χ0) is 13.7. The van der Waals surface area contributed by atoms with Gasteiger partial charge in [0, 0.05) is 6.07 Å². The first-order valence-corrected chi connectivity index (χ1v) is 6.00. The van der Waals surface area contributed by atoms with E-state index in [1.165, 1.54) is 5.56 Å². The van der Waals surface area contributed by atoms with Crippen molar-refractivity contribution in [2.24, 2.45) is 0 Å². The topological polar surface area (TPSA) is 42.2 Å². The van der Waals surface area contributed by atoms with Crippen molar-refractivity contribution in [3.05, 3.63) is 59.2 Å². The molecule has 0 bridgehead atoms. The lowest BCUT2D eigenvalue weighted by Gasteiger charge is -2.12. The summed E-state index contributed by atoms with van der Waals surface area (Å²) in [7, 11) is 1.57. The molecular weight excluding hydrogens is 238 g/mol. The third-order valence-corrected chi connectivity index (χ3v) is 2.94. The Bertz CT molecular complexity index is 614. The number of nitriles is 1. The lowest BCUT2D eigenvalue weighted by Crippen LogP contribution is -1.99. The van der Waals surface area contributed by atoms with Crippen molar-refractivity contribution in [1.82, 2.24) is 0 Å². The number of nitrogens with zero attached hydrogens (tertiary/aromatic N) is 1. The zero-order valence-corrected chi connectivity index (χ0v) is 11.0. The average Bonchev–Trinajstić information content (AvgIpc) is 2.46. The minimum Gasteiger partial charge on any atom is -0.493 e. The van der Waals surface area contributed by atoms with E-state index in [2.05, 4.69) is 19.1 Å². The molecule has 0 amide bonds. The molecule has 0 unspecified atom stereocenters. The van der Waals surface area contributed by atoms with E-state index in [9.17, 15) is 0 Å². The third-order valence-electron chi connectivity index (χ3n) is 2.94. The summed E-state index contributed by atoms with van der Waals surface area (Å²) in [6, 6.07) is 15.3. The van der Waals surface area contributed by atoms with Crippen molar-refractivity contribution < 1.29 is 9.47 Å². The molecule has 3 nitrogen and oxygen atoms in total. The van der Waals surface area contributed by atoms with Crippen LogP contribution < -0.4 is 9.47 Å². The second-order valence-electron chi connectivity index (χ2n) is 4.19. The number of hydrogen-bond donors (Lipinski definition) is 0. The molecule has 2 aromatic carbocycles. The largest absolute Gasteiger partial charge is 0.493 e. The fourth-order valence-corrected chi connectivity index (χ4v) is 1.78. The van der Waals surface area contributed by atoms with Crippen LogP contribution in [0.4, 0.5) is 0 Å². The molecular formula is C16H15NO2. The van der Waals surface area contributed by atoms with Gasteiger partial charge in [-0.05, 0) is 30.2 Å². The summed E-state index contributed by atoms with van der Waals surface area (Å²) < 4.78 is 11.0. The maximum absolute atomic E-state index is 8.85. The van der Waals surface area contributed by atoms with Crippen LogP contribution in [0.5, 0.6) is 11.5 Å². The van der Waals surface area contributed by atoms with Crippen LogP contribution in [-0.4, -0.2) is 7.11 Å². The Labute approximate surface area is 113 Å². The summed E-state index contributed by atoms with van der Waals surface area (Å²) in [5.41, 5.74) is 2.88. The van der Waals surface area contributed by atoms with E-state index in [0.717, 1.165) is 5.56 Å². The molecule has 0 fully saturated rings. The Morgan fingerprint density at radius 3 is 2.58 bits per heavy atom. The van der Waals surface area contributed by atoms with Crippen molar-refractivity contribution in [3.8, 4) is 17.6 Å². The molecule has 3 heteroatoms. The number of aryl methyl sites for hydroxylation is 1. The van der Waals surface area contributed by atoms with E-state index in [1.54, 1.807) is 25.3 Å². The molecule has 0 saturated heterocycles. The number of hydrogen-bond acceptors (Lipinski definition) is 3. The normalized spacial score (nSPS) is 9.74. The Balaban J connectivity index is 2.16. The van der Waals surface area contributed by atoms with Gasteiger partial charge >= 0.3 is 0 Å². The number of methoxy groups -OCH3 is 1. The van der Waals surface area contributed by atoms with Crippen molar-refractivity contribution >= 4 is 0 Å². The minimum absolute atomic E-state index is 0.481. The molecule has 0 aromatic heterocycles. The smallest absolute Gasteiger partial charge is 0.162 e. The van der Waals surface area contributed by atoms with Gasteiger partial charge < -0.3 is 9.47 Å². The lowest BCUT2D eigenvalue weighted by atomic mass is 10.1. The highest BCUT2D eigenvalue weighted by Crippen LogP contribution is 2.28. The number of rotatable bonds is 4. The Morgan fingerprint density at radius 2 is 1.89 bits per heavy atom. The van der Waals surface area contributed by atoms with Gasteiger partial charge in [0.2, 0.25) is 0 Å². The number of ether oxygens (including phenoxy) is 2. The molecule has 0 radical (unpaired) electrons. The summed E-state index contributed by atoms with van der Waals surface area (Å²) in [5.74, 6) is 1.22. The van der Waals surface area contributed by atoms with E-state index in [-0.39, 0.29) is 0 Å². The van der Waals surface area contributed by atoms with E-state index in [1.807, 2.05) is 18.2 Å². The highest BCUT2D eigenvalue weighted by Gasteiger charge is 2.06. The van der Waals surface area contributed by atoms with Gasteiger partial charge in [0.05, 0.1) is 18.7 Å². The Hall–Kier alpha value is -2.47. The van der Waals surface area contributed by atoms with Crippen molar-refractivity contribution in [1.29, 1.82) is 5.26 Å². The zero-order valence-electron chi connectivity index (χ0n) is 11.0. The van der Waals surface area contributed by atoms with Crippen molar-refractivity contribution in [2.45, 2.75) is 13.5 Å². The Morgan fingerprint density at radius 1 is 1.11 bits per heavy atom. The minimum atomic E-state index is 0.481. The van der Waals surface area contributed by atoms with Gasteiger partial charge in [-0.3, -0.25) is 0 Å². The fraction of sp³-hybridized carbons (Fsp3) is 0.188. The highest BCUT2D eigenvalue weighted by atomic mass is 16.5. The first-order chi connectivity index (χ1) is 9.24. The van der Waals surface area contributed by atoms with E-state index in [4.69, 9.17) is 14.7 Å². The molecule has 0 N–H and O–H groups in total. The number of benzene rings is 2. The van der Waals surface area contributed by atoms with Crippen LogP contribution in [0.2, 0.25) is 0 Å². The molecule has 2 aromatic rings. The molecule has 0 aliphatic rings. The highest BCUT2D eigenvalue weighted by molar-refractivity contribution is 5.46. The Kier molecular flexibility index (Phi) is 4.04. The van der Waals surface area contributed by atoms with Gasteiger partial charge in [-0.2, -0.15) is 5.26 Å². The SMILES string of the molecule is COc1cc(C#N)ccc1OCc1ccccc1C. The van der Waals surface area contributed by atoms with Gasteiger partial charge in [-0.25, -0.2) is 0 Å². The van der Waals surface area contributed by atoms with Crippen molar-refractivity contribution in [2.75, 3.05) is 7.11 Å². The van der Waals surface area contributed by atoms with Gasteiger partial charge in [0.25, 0.3) is 0 Å². The molecule has 0 spiro atoms. The van der Waals surface area contributed by atoms with Gasteiger partial charge in [-0.15, -0.1) is 0 Å². The second kappa shape index (κ2) is 5.92. The summed E-state index contributed by atoms with van der Waals surface area (Å²) in [5, 5.41) is 8.85. The molecule has 96 valence electrons. The first-order valence-electron chi connectivity index (χ1n) is 6.00. The van der Waals surface area contributed by atoms with Crippen molar-refractivity contribution in [3.63, 3.8) is 0 Å². The van der Waals surface area contributed by atoms with Gasteiger partial charge in [0.1, 0.15) is 6.61 Å². The van der Waals surface area contributed by atoms with E-state index >= 15 is 0 Å². The van der Waals surface area contributed by atoms with E-state index in [0.29, 0.717) is 23.7 Å². The molecule has 0 aliphatic heterocycles. The predicted octanol–water partition coefficient (Wildman–Crippen LogP) is 3.45. The van der Waals surface area contributed by atoms with Crippen LogP contribution in [0.1, 0.15) is 16.7 Å². The fourth-order valence-electron chi connectivity index (χ4n) is 1.78.